The Labute approximate surface area is 114 Å². The van der Waals surface area contributed by atoms with E-state index in [1.54, 1.807) is 6.33 Å². The van der Waals surface area contributed by atoms with Crippen LogP contribution in [0.1, 0.15) is 30.9 Å². The first-order valence-corrected chi connectivity index (χ1v) is 6.96. The van der Waals surface area contributed by atoms with Crippen molar-refractivity contribution in [1.82, 2.24) is 14.9 Å². The van der Waals surface area contributed by atoms with Gasteiger partial charge in [-0.25, -0.2) is 4.98 Å². The second-order valence-corrected chi connectivity index (χ2v) is 5.97. The topological polar surface area (TPSA) is 57.9 Å². The van der Waals surface area contributed by atoms with E-state index in [9.17, 15) is 0 Å². The highest BCUT2D eigenvalue weighted by Gasteiger charge is 2.44. The second-order valence-electron chi connectivity index (χ2n) is 5.97. The fourth-order valence-electron chi connectivity index (χ4n) is 3.54. The minimum absolute atomic E-state index is 0.247. The van der Waals surface area contributed by atoms with E-state index in [1.165, 1.54) is 24.8 Å². The molecular formula is C15H22N4. The van der Waals surface area contributed by atoms with Crippen molar-refractivity contribution in [3.63, 3.8) is 0 Å². The Morgan fingerprint density at radius 1 is 1.42 bits per heavy atom. The van der Waals surface area contributed by atoms with Crippen molar-refractivity contribution < 1.29 is 0 Å². The van der Waals surface area contributed by atoms with Gasteiger partial charge in [0.05, 0.1) is 17.4 Å². The van der Waals surface area contributed by atoms with Crippen molar-refractivity contribution in [2.24, 2.45) is 11.1 Å². The second kappa shape index (κ2) is 4.62. The molecule has 19 heavy (non-hydrogen) atoms. The van der Waals surface area contributed by atoms with Gasteiger partial charge in [-0.1, -0.05) is 12.5 Å². The maximum absolute atomic E-state index is 6.09. The first-order valence-electron chi connectivity index (χ1n) is 6.96. The molecule has 1 aliphatic rings. The lowest BCUT2D eigenvalue weighted by Crippen LogP contribution is -2.47. The number of imidazole rings is 1. The largest absolute Gasteiger partial charge is 0.345 e. The summed E-state index contributed by atoms with van der Waals surface area (Å²) in [7, 11) is 4.30. The average molecular weight is 258 g/mol. The molecule has 0 radical (unpaired) electrons. The monoisotopic (exact) mass is 258 g/mol. The molecule has 4 nitrogen and oxygen atoms in total. The van der Waals surface area contributed by atoms with Gasteiger partial charge in [0.1, 0.15) is 0 Å². The van der Waals surface area contributed by atoms with Crippen LogP contribution in [-0.2, 0) is 0 Å². The van der Waals surface area contributed by atoms with Gasteiger partial charge in [-0.05, 0) is 51.2 Å². The molecule has 1 aromatic carbocycles. The highest BCUT2D eigenvalue weighted by atomic mass is 15.1. The zero-order chi connectivity index (χ0) is 13.5. The summed E-state index contributed by atoms with van der Waals surface area (Å²) in [5, 5.41) is 0. The first kappa shape index (κ1) is 12.6. The van der Waals surface area contributed by atoms with Crippen molar-refractivity contribution in [3.05, 3.63) is 30.1 Å². The van der Waals surface area contributed by atoms with Crippen molar-refractivity contribution in [2.45, 2.75) is 25.3 Å². The maximum Gasteiger partial charge on any atom is 0.0931 e. The number of hydrogen-bond donors (Lipinski definition) is 2. The summed E-state index contributed by atoms with van der Waals surface area (Å²) in [6.45, 7) is 0.761. The Balaban J connectivity index is 2.03. The standard InChI is InChI=1S/C15H22N4/c1-19(2)14(15(9-16)6-3-7-15)11-4-5-12-13(8-11)18-10-17-12/h4-5,8,10,14H,3,6-7,9,16H2,1-2H3,(H,17,18). The molecule has 1 atom stereocenters. The molecular weight excluding hydrogens is 236 g/mol. The van der Waals surface area contributed by atoms with Crippen LogP contribution in [0.2, 0.25) is 0 Å². The molecule has 1 aromatic heterocycles. The Bertz CT molecular complexity index is 563. The molecule has 1 unspecified atom stereocenters. The Morgan fingerprint density at radius 3 is 2.79 bits per heavy atom. The van der Waals surface area contributed by atoms with Crippen LogP contribution in [0.15, 0.2) is 24.5 Å². The van der Waals surface area contributed by atoms with Crippen LogP contribution in [0.3, 0.4) is 0 Å². The number of benzene rings is 1. The lowest BCUT2D eigenvalue weighted by molar-refractivity contribution is 0.0282. The zero-order valence-electron chi connectivity index (χ0n) is 11.7. The lowest BCUT2D eigenvalue weighted by atomic mass is 9.62. The van der Waals surface area contributed by atoms with E-state index in [-0.39, 0.29) is 5.41 Å². The molecule has 0 amide bonds. The Morgan fingerprint density at radius 2 is 2.21 bits per heavy atom. The summed E-state index contributed by atoms with van der Waals surface area (Å²) < 4.78 is 0. The summed E-state index contributed by atoms with van der Waals surface area (Å²) >= 11 is 0. The number of nitrogens with one attached hydrogen (secondary N) is 1. The van der Waals surface area contributed by atoms with E-state index < -0.39 is 0 Å². The molecule has 0 bridgehead atoms. The van der Waals surface area contributed by atoms with E-state index in [1.807, 2.05) is 0 Å². The molecule has 4 heteroatoms. The third-order valence-electron chi connectivity index (χ3n) is 4.61. The van der Waals surface area contributed by atoms with E-state index in [2.05, 4.69) is 47.2 Å². The highest BCUT2D eigenvalue weighted by Crippen LogP contribution is 2.51. The summed E-state index contributed by atoms with van der Waals surface area (Å²) in [5.74, 6) is 0. The van der Waals surface area contributed by atoms with E-state index in [0.29, 0.717) is 6.04 Å². The Hall–Kier alpha value is -1.39. The van der Waals surface area contributed by atoms with E-state index in [0.717, 1.165) is 17.6 Å². The van der Waals surface area contributed by atoms with Crippen LogP contribution in [0.25, 0.3) is 11.0 Å². The van der Waals surface area contributed by atoms with Crippen molar-refractivity contribution >= 4 is 11.0 Å². The number of fused-ring (bicyclic) bond motifs is 1. The fraction of sp³-hybridized carbons (Fsp3) is 0.533. The van der Waals surface area contributed by atoms with Crippen molar-refractivity contribution in [2.75, 3.05) is 20.6 Å². The molecule has 1 fully saturated rings. The van der Waals surface area contributed by atoms with Crippen LogP contribution in [0.5, 0.6) is 0 Å². The predicted octanol–water partition coefficient (Wildman–Crippen LogP) is 2.29. The van der Waals surface area contributed by atoms with Crippen LogP contribution in [0, 0.1) is 5.41 Å². The number of H-pyrrole nitrogens is 1. The van der Waals surface area contributed by atoms with Gasteiger partial charge in [0.2, 0.25) is 0 Å². The number of nitrogens with two attached hydrogens (primary N) is 1. The first-order chi connectivity index (χ1) is 9.16. The molecule has 0 aliphatic heterocycles. The van der Waals surface area contributed by atoms with Gasteiger partial charge in [-0.3, -0.25) is 0 Å². The zero-order valence-corrected chi connectivity index (χ0v) is 11.7. The Kier molecular flexibility index (Phi) is 3.07. The summed E-state index contributed by atoms with van der Waals surface area (Å²) in [4.78, 5) is 9.79. The van der Waals surface area contributed by atoms with Crippen molar-refractivity contribution in [1.29, 1.82) is 0 Å². The van der Waals surface area contributed by atoms with Gasteiger partial charge in [0, 0.05) is 11.5 Å². The summed E-state index contributed by atoms with van der Waals surface area (Å²) in [5.41, 5.74) is 9.81. The van der Waals surface area contributed by atoms with E-state index >= 15 is 0 Å². The molecule has 0 saturated heterocycles. The van der Waals surface area contributed by atoms with Crippen LogP contribution in [-0.4, -0.2) is 35.5 Å². The SMILES string of the molecule is CN(C)C(c1ccc2nc[nH]c2c1)C1(CN)CCC1. The molecule has 3 rings (SSSR count). The van der Waals surface area contributed by atoms with Gasteiger partial charge >= 0.3 is 0 Å². The predicted molar refractivity (Wildman–Crippen MR) is 77.9 cm³/mol. The number of aromatic amines is 1. The van der Waals surface area contributed by atoms with Crippen LogP contribution in [0.4, 0.5) is 0 Å². The van der Waals surface area contributed by atoms with Gasteiger partial charge in [0.25, 0.3) is 0 Å². The van der Waals surface area contributed by atoms with Gasteiger partial charge in [0.15, 0.2) is 0 Å². The summed E-state index contributed by atoms with van der Waals surface area (Å²) in [6.07, 6.45) is 5.51. The average Bonchev–Trinajstić information content (AvgIpc) is 2.80. The van der Waals surface area contributed by atoms with E-state index in [4.69, 9.17) is 5.73 Å². The third kappa shape index (κ3) is 1.95. The lowest BCUT2D eigenvalue weighted by Gasteiger charge is -2.50. The van der Waals surface area contributed by atoms with Crippen molar-refractivity contribution in [3.8, 4) is 0 Å². The number of hydrogen-bond acceptors (Lipinski definition) is 3. The molecule has 0 spiro atoms. The number of aromatic nitrogens is 2. The van der Waals surface area contributed by atoms with Crippen LogP contribution < -0.4 is 5.73 Å². The smallest absolute Gasteiger partial charge is 0.0931 e. The molecule has 3 N–H and O–H groups in total. The van der Waals surface area contributed by atoms with Crippen LogP contribution >= 0.6 is 0 Å². The quantitative estimate of drug-likeness (QED) is 0.884. The fourth-order valence-corrected chi connectivity index (χ4v) is 3.54. The molecule has 1 saturated carbocycles. The molecule has 2 aromatic rings. The maximum atomic E-state index is 6.09. The minimum atomic E-state index is 0.247. The minimum Gasteiger partial charge on any atom is -0.345 e. The van der Waals surface area contributed by atoms with Gasteiger partial charge in [-0.15, -0.1) is 0 Å². The molecule has 1 aliphatic carbocycles. The number of nitrogens with zero attached hydrogens (tertiary/aromatic N) is 2. The van der Waals surface area contributed by atoms with Gasteiger partial charge in [-0.2, -0.15) is 0 Å². The highest BCUT2D eigenvalue weighted by molar-refractivity contribution is 5.75. The third-order valence-corrected chi connectivity index (χ3v) is 4.61. The molecule has 1 heterocycles. The number of rotatable bonds is 4. The molecule has 102 valence electrons. The normalized spacial score (nSPS) is 19.6. The van der Waals surface area contributed by atoms with Gasteiger partial charge < -0.3 is 15.6 Å². The summed E-state index contributed by atoms with van der Waals surface area (Å²) in [6, 6.07) is 6.91.